The SMILES string of the molecule is Clc1cc2c(c3ccccc13)-c1ccc(C3=NC(c4ccccc4)NC(c4ccccc4)=N3)cc1C21c2ccccc2Oc2ccccc21. The third kappa shape index (κ3) is 4.11. The summed E-state index contributed by atoms with van der Waals surface area (Å²) in [6.45, 7) is 0. The van der Waals surface area contributed by atoms with Gasteiger partial charge in [-0.2, -0.15) is 0 Å². The van der Waals surface area contributed by atoms with Crippen molar-refractivity contribution in [3.8, 4) is 22.6 Å². The van der Waals surface area contributed by atoms with E-state index in [1.807, 2.05) is 48.5 Å². The Morgan fingerprint density at radius 2 is 1.20 bits per heavy atom. The van der Waals surface area contributed by atoms with Gasteiger partial charge in [0.1, 0.15) is 23.5 Å². The molecule has 2 heterocycles. The molecule has 2 aliphatic heterocycles. The van der Waals surface area contributed by atoms with Crippen LogP contribution in [0.15, 0.2) is 168 Å². The molecule has 0 amide bonds. The molecule has 10 rings (SSSR count). The van der Waals surface area contributed by atoms with Crippen molar-refractivity contribution in [1.29, 1.82) is 0 Å². The number of nitrogens with zero attached hydrogens (tertiary/aromatic N) is 2. The molecule has 0 aromatic heterocycles. The van der Waals surface area contributed by atoms with Gasteiger partial charge in [0.15, 0.2) is 5.84 Å². The number of rotatable bonds is 3. The molecule has 1 spiro atoms. The lowest BCUT2D eigenvalue weighted by Gasteiger charge is -2.39. The summed E-state index contributed by atoms with van der Waals surface area (Å²) in [5, 5.41) is 6.49. The minimum atomic E-state index is -0.682. The van der Waals surface area contributed by atoms with E-state index in [0.717, 1.165) is 72.1 Å². The molecule has 0 radical (unpaired) electrons. The Balaban J connectivity index is 1.28. The Bertz CT molecular complexity index is 2480. The van der Waals surface area contributed by atoms with E-state index in [-0.39, 0.29) is 6.17 Å². The normalized spacial score (nSPS) is 16.4. The summed E-state index contributed by atoms with van der Waals surface area (Å²) >= 11 is 7.17. The Morgan fingerprint density at radius 3 is 1.94 bits per heavy atom. The van der Waals surface area contributed by atoms with Gasteiger partial charge in [0.2, 0.25) is 0 Å². The zero-order chi connectivity index (χ0) is 32.5. The summed E-state index contributed by atoms with van der Waals surface area (Å²) in [7, 11) is 0. The number of para-hydroxylation sites is 2. The highest BCUT2D eigenvalue weighted by Crippen LogP contribution is 2.63. The molecule has 0 bridgehead atoms. The summed E-state index contributed by atoms with van der Waals surface area (Å²) in [4.78, 5) is 10.4. The highest BCUT2D eigenvalue weighted by Gasteiger charge is 2.52. The van der Waals surface area contributed by atoms with Gasteiger partial charge >= 0.3 is 0 Å². The summed E-state index contributed by atoms with van der Waals surface area (Å²) < 4.78 is 6.60. The van der Waals surface area contributed by atoms with E-state index in [1.165, 1.54) is 11.1 Å². The molecule has 7 aromatic rings. The standard InChI is InChI=1S/C44H28ClN3O/c45-37-26-36-40(31-18-8-7-17-30(31)37)32-24-23-29(25-35(32)44(36)33-19-9-11-21-38(33)49-39-22-12-10-20-34(39)44)43-47-41(27-13-3-1-4-14-27)46-42(48-43)28-15-5-2-6-16-28/h1-26,41H,(H,46,47,48). The van der Waals surface area contributed by atoms with Crippen molar-refractivity contribution < 1.29 is 4.74 Å². The first-order valence-electron chi connectivity index (χ1n) is 16.5. The molecule has 4 nitrogen and oxygen atoms in total. The number of aliphatic imine (C=N–C) groups is 2. The topological polar surface area (TPSA) is 46.0 Å². The van der Waals surface area contributed by atoms with Gasteiger partial charge in [-0.05, 0) is 57.5 Å². The van der Waals surface area contributed by atoms with E-state index in [4.69, 9.17) is 26.3 Å². The highest BCUT2D eigenvalue weighted by molar-refractivity contribution is 6.36. The summed E-state index contributed by atoms with van der Waals surface area (Å²) in [5.74, 6) is 3.14. The second kappa shape index (κ2) is 10.8. The Kier molecular flexibility index (Phi) is 6.18. The summed E-state index contributed by atoms with van der Waals surface area (Å²) in [6.07, 6.45) is -0.296. The molecule has 0 fully saturated rings. The molecule has 1 aliphatic carbocycles. The van der Waals surface area contributed by atoms with E-state index in [1.54, 1.807) is 0 Å². The van der Waals surface area contributed by atoms with Crippen LogP contribution < -0.4 is 10.1 Å². The van der Waals surface area contributed by atoms with Crippen molar-refractivity contribution in [2.24, 2.45) is 9.98 Å². The van der Waals surface area contributed by atoms with Gasteiger partial charge in [-0.25, -0.2) is 9.98 Å². The van der Waals surface area contributed by atoms with Crippen LogP contribution in [0.3, 0.4) is 0 Å². The minimum Gasteiger partial charge on any atom is -0.457 e. The van der Waals surface area contributed by atoms with Crippen molar-refractivity contribution in [3.05, 3.63) is 202 Å². The predicted molar refractivity (Wildman–Crippen MR) is 198 cm³/mol. The maximum Gasteiger partial charge on any atom is 0.159 e. The van der Waals surface area contributed by atoms with Crippen molar-refractivity contribution in [1.82, 2.24) is 5.32 Å². The number of fused-ring (bicyclic) bond motifs is 11. The van der Waals surface area contributed by atoms with E-state index in [0.29, 0.717) is 5.84 Å². The third-order valence-corrected chi connectivity index (χ3v) is 10.4. The number of benzene rings is 7. The zero-order valence-corrected chi connectivity index (χ0v) is 27.0. The molecular weight excluding hydrogens is 622 g/mol. The summed E-state index contributed by atoms with van der Waals surface area (Å²) in [5.41, 5.74) is 9.17. The fourth-order valence-electron chi connectivity index (χ4n) is 7.98. The van der Waals surface area contributed by atoms with Crippen LogP contribution in [0.5, 0.6) is 11.5 Å². The van der Waals surface area contributed by atoms with Crippen molar-refractivity contribution in [2.75, 3.05) is 0 Å². The van der Waals surface area contributed by atoms with Gasteiger partial charge in [0, 0.05) is 32.7 Å². The fourth-order valence-corrected chi connectivity index (χ4v) is 8.25. The van der Waals surface area contributed by atoms with Crippen molar-refractivity contribution >= 4 is 34.0 Å². The Labute approximate surface area is 289 Å². The molecule has 5 heteroatoms. The molecule has 0 saturated heterocycles. The molecule has 1 unspecified atom stereocenters. The first-order valence-corrected chi connectivity index (χ1v) is 16.9. The van der Waals surface area contributed by atoms with Gasteiger partial charge in [0.25, 0.3) is 0 Å². The van der Waals surface area contributed by atoms with Crippen LogP contribution in [0, 0.1) is 0 Å². The predicted octanol–water partition coefficient (Wildman–Crippen LogP) is 10.5. The monoisotopic (exact) mass is 649 g/mol. The number of hydrogen-bond acceptors (Lipinski definition) is 4. The van der Waals surface area contributed by atoms with Gasteiger partial charge in [-0.1, -0.05) is 145 Å². The molecule has 1 N–H and O–H groups in total. The molecule has 1 atom stereocenters. The first-order chi connectivity index (χ1) is 24.2. The van der Waals surface area contributed by atoms with Gasteiger partial charge in [-0.15, -0.1) is 0 Å². The molecule has 0 saturated carbocycles. The largest absolute Gasteiger partial charge is 0.457 e. The molecule has 3 aliphatic rings. The minimum absolute atomic E-state index is 0.296. The Hall–Kier alpha value is -5.97. The first kappa shape index (κ1) is 28.1. The van der Waals surface area contributed by atoms with Gasteiger partial charge in [-0.3, -0.25) is 0 Å². The maximum absolute atomic E-state index is 7.17. The van der Waals surface area contributed by atoms with Crippen LogP contribution in [0.2, 0.25) is 5.02 Å². The quantitative estimate of drug-likeness (QED) is 0.207. The van der Waals surface area contributed by atoms with Crippen molar-refractivity contribution in [2.45, 2.75) is 11.6 Å². The lowest BCUT2D eigenvalue weighted by atomic mass is 9.66. The average molecular weight is 650 g/mol. The van der Waals surface area contributed by atoms with Crippen LogP contribution in [0.1, 0.15) is 45.1 Å². The van der Waals surface area contributed by atoms with Crippen molar-refractivity contribution in [3.63, 3.8) is 0 Å². The molecule has 232 valence electrons. The number of halogens is 1. The van der Waals surface area contributed by atoms with Crippen LogP contribution in [0.25, 0.3) is 21.9 Å². The highest BCUT2D eigenvalue weighted by atomic mass is 35.5. The van der Waals surface area contributed by atoms with Crippen LogP contribution in [0.4, 0.5) is 0 Å². The molecule has 7 aromatic carbocycles. The second-order valence-electron chi connectivity index (χ2n) is 12.7. The van der Waals surface area contributed by atoms with Crippen LogP contribution >= 0.6 is 11.6 Å². The van der Waals surface area contributed by atoms with E-state index in [2.05, 4.69) is 115 Å². The number of amidine groups is 2. The zero-order valence-electron chi connectivity index (χ0n) is 26.3. The van der Waals surface area contributed by atoms with Crippen LogP contribution in [-0.2, 0) is 5.41 Å². The lowest BCUT2D eigenvalue weighted by molar-refractivity contribution is 0.436. The fraction of sp³-hybridized carbons (Fsp3) is 0.0455. The lowest BCUT2D eigenvalue weighted by Crippen LogP contribution is -2.34. The van der Waals surface area contributed by atoms with Gasteiger partial charge in [0.05, 0.1) is 5.41 Å². The summed E-state index contributed by atoms with van der Waals surface area (Å²) in [6, 6.07) is 54.7. The maximum atomic E-state index is 7.17. The average Bonchev–Trinajstić information content (AvgIpc) is 3.45. The molecule has 49 heavy (non-hydrogen) atoms. The molecular formula is C44H28ClN3O. The third-order valence-electron chi connectivity index (χ3n) is 10.1. The van der Waals surface area contributed by atoms with E-state index in [9.17, 15) is 0 Å². The number of nitrogens with one attached hydrogen (secondary N) is 1. The van der Waals surface area contributed by atoms with E-state index >= 15 is 0 Å². The van der Waals surface area contributed by atoms with E-state index < -0.39 is 5.41 Å². The van der Waals surface area contributed by atoms with Gasteiger partial charge < -0.3 is 10.1 Å². The number of hydrogen-bond donors (Lipinski definition) is 1. The van der Waals surface area contributed by atoms with Crippen LogP contribution in [-0.4, -0.2) is 11.7 Å². The second-order valence-corrected chi connectivity index (χ2v) is 13.1. The smallest absolute Gasteiger partial charge is 0.159 e. The number of ether oxygens (including phenoxy) is 1. The Morgan fingerprint density at radius 1 is 0.571 bits per heavy atom.